The Labute approximate surface area is 181 Å². The average Bonchev–Trinajstić information content (AvgIpc) is 3.26. The van der Waals surface area contributed by atoms with Crippen molar-refractivity contribution in [2.24, 2.45) is 4.99 Å². The molecule has 5 nitrogen and oxygen atoms in total. The summed E-state index contributed by atoms with van der Waals surface area (Å²) < 4.78 is 8.33. The first kappa shape index (κ1) is 19.5. The highest BCUT2D eigenvalue weighted by molar-refractivity contribution is 9.10. The van der Waals surface area contributed by atoms with Crippen LogP contribution in [-0.2, 0) is 4.79 Å². The van der Waals surface area contributed by atoms with E-state index in [1.807, 2.05) is 73.7 Å². The van der Waals surface area contributed by atoms with Crippen LogP contribution in [0.3, 0.4) is 0 Å². The first-order valence-electron chi connectivity index (χ1n) is 8.91. The summed E-state index contributed by atoms with van der Waals surface area (Å²) in [4.78, 5) is 17.6. The smallest absolute Gasteiger partial charge is 0.264 e. The summed E-state index contributed by atoms with van der Waals surface area (Å²) in [6, 6.07) is 19.5. The largest absolute Gasteiger partial charge is 0.497 e. The van der Waals surface area contributed by atoms with Gasteiger partial charge in [0.2, 0.25) is 0 Å². The molecule has 2 heterocycles. The summed E-state index contributed by atoms with van der Waals surface area (Å²) in [5.74, 6) is 0.656. The molecule has 29 heavy (non-hydrogen) atoms. The van der Waals surface area contributed by atoms with Gasteiger partial charge >= 0.3 is 0 Å². The summed E-state index contributed by atoms with van der Waals surface area (Å²) in [5.41, 5.74) is 3.80. The van der Waals surface area contributed by atoms with E-state index in [0.29, 0.717) is 10.1 Å². The molecule has 4 rings (SSSR count). The van der Waals surface area contributed by atoms with Gasteiger partial charge in [-0.05, 0) is 85.4 Å². The maximum absolute atomic E-state index is 12.5. The number of rotatable bonds is 4. The molecule has 1 saturated heterocycles. The summed E-state index contributed by atoms with van der Waals surface area (Å²) >= 11 is 4.75. The second-order valence-corrected chi connectivity index (χ2v) is 8.34. The molecule has 146 valence electrons. The number of ether oxygens (including phenoxy) is 1. The summed E-state index contributed by atoms with van der Waals surface area (Å²) in [6.07, 6.45) is 1.89. The molecule has 0 atom stereocenters. The standard InChI is InChI=1S/C22H18BrN3O2S/c1-14-3-8-18(26(14)17-9-11-19(28-2)12-10-17)13-20-21(27)25-22(29-20)24-16-6-4-15(23)5-7-16/h3-13H,1-2H3,(H,24,25,27)/b20-13-. The average molecular weight is 468 g/mol. The molecular weight excluding hydrogens is 450 g/mol. The third-order valence-electron chi connectivity index (χ3n) is 4.42. The van der Waals surface area contributed by atoms with Crippen LogP contribution in [0.1, 0.15) is 11.4 Å². The van der Waals surface area contributed by atoms with Crippen molar-refractivity contribution in [2.45, 2.75) is 6.92 Å². The fourth-order valence-electron chi connectivity index (χ4n) is 3.00. The number of aliphatic imine (C=N–C) groups is 1. The minimum absolute atomic E-state index is 0.147. The number of nitrogens with one attached hydrogen (secondary N) is 1. The molecule has 1 aliphatic rings. The van der Waals surface area contributed by atoms with Gasteiger partial charge in [-0.2, -0.15) is 0 Å². The Morgan fingerprint density at radius 3 is 2.48 bits per heavy atom. The zero-order valence-electron chi connectivity index (χ0n) is 15.8. The van der Waals surface area contributed by atoms with Gasteiger partial charge in [-0.3, -0.25) is 4.79 Å². The van der Waals surface area contributed by atoms with Crippen LogP contribution in [0.15, 0.2) is 75.0 Å². The predicted molar refractivity (Wildman–Crippen MR) is 122 cm³/mol. The molecule has 0 saturated carbocycles. The summed E-state index contributed by atoms with van der Waals surface area (Å²) in [6.45, 7) is 2.04. The number of amidine groups is 1. The zero-order chi connectivity index (χ0) is 20.4. The van der Waals surface area contributed by atoms with Crippen molar-refractivity contribution < 1.29 is 9.53 Å². The molecular formula is C22H18BrN3O2S. The van der Waals surface area contributed by atoms with Gasteiger partial charge in [-0.1, -0.05) is 15.9 Å². The van der Waals surface area contributed by atoms with E-state index < -0.39 is 0 Å². The van der Waals surface area contributed by atoms with Gasteiger partial charge in [-0.25, -0.2) is 4.99 Å². The van der Waals surface area contributed by atoms with Crippen LogP contribution in [0.2, 0.25) is 0 Å². The maximum atomic E-state index is 12.5. The normalized spacial score (nSPS) is 16.4. The van der Waals surface area contributed by atoms with Crippen molar-refractivity contribution in [1.82, 2.24) is 9.88 Å². The Bertz CT molecular complexity index is 1120. The van der Waals surface area contributed by atoms with Crippen LogP contribution >= 0.6 is 27.7 Å². The topological polar surface area (TPSA) is 55.6 Å². The van der Waals surface area contributed by atoms with E-state index in [1.165, 1.54) is 11.8 Å². The van der Waals surface area contributed by atoms with E-state index in [1.54, 1.807) is 7.11 Å². The lowest BCUT2D eigenvalue weighted by Crippen LogP contribution is -2.19. The molecule has 1 fully saturated rings. The van der Waals surface area contributed by atoms with Gasteiger partial charge in [0.25, 0.3) is 5.91 Å². The van der Waals surface area contributed by atoms with Crippen LogP contribution in [0, 0.1) is 6.92 Å². The SMILES string of the molecule is COc1ccc(-n2c(C)ccc2/C=C2\SC(=Nc3ccc(Br)cc3)NC2=O)cc1. The maximum Gasteiger partial charge on any atom is 0.264 e. The van der Waals surface area contributed by atoms with Gasteiger partial charge in [-0.15, -0.1) is 0 Å². The number of carbonyl (C=O) groups is 1. The quantitative estimate of drug-likeness (QED) is 0.519. The number of aryl methyl sites for hydroxylation is 1. The minimum atomic E-state index is -0.147. The third-order valence-corrected chi connectivity index (χ3v) is 5.86. The van der Waals surface area contributed by atoms with Crippen molar-refractivity contribution in [3.63, 3.8) is 0 Å². The lowest BCUT2D eigenvalue weighted by molar-refractivity contribution is -0.115. The lowest BCUT2D eigenvalue weighted by Gasteiger charge is -2.10. The van der Waals surface area contributed by atoms with E-state index >= 15 is 0 Å². The number of hydrogen-bond donors (Lipinski definition) is 1. The first-order chi connectivity index (χ1) is 14.0. The minimum Gasteiger partial charge on any atom is -0.497 e. The monoisotopic (exact) mass is 467 g/mol. The van der Waals surface area contributed by atoms with E-state index in [9.17, 15) is 4.79 Å². The second-order valence-electron chi connectivity index (χ2n) is 6.39. The molecule has 2 aromatic carbocycles. The Kier molecular flexibility index (Phi) is 5.60. The molecule has 0 unspecified atom stereocenters. The lowest BCUT2D eigenvalue weighted by atomic mass is 10.2. The molecule has 3 aromatic rings. The summed E-state index contributed by atoms with van der Waals surface area (Å²) in [7, 11) is 1.65. The van der Waals surface area contributed by atoms with E-state index in [-0.39, 0.29) is 5.91 Å². The van der Waals surface area contributed by atoms with Crippen molar-refractivity contribution in [1.29, 1.82) is 0 Å². The zero-order valence-corrected chi connectivity index (χ0v) is 18.3. The van der Waals surface area contributed by atoms with Gasteiger partial charge in [0, 0.05) is 21.5 Å². The predicted octanol–water partition coefficient (Wildman–Crippen LogP) is 5.45. The van der Waals surface area contributed by atoms with E-state index in [4.69, 9.17) is 4.74 Å². The third kappa shape index (κ3) is 4.31. The number of carbonyl (C=O) groups excluding carboxylic acids is 1. The van der Waals surface area contributed by atoms with Crippen molar-refractivity contribution in [2.75, 3.05) is 7.11 Å². The van der Waals surface area contributed by atoms with Crippen LogP contribution < -0.4 is 10.1 Å². The summed E-state index contributed by atoms with van der Waals surface area (Å²) in [5, 5.41) is 3.41. The molecule has 7 heteroatoms. The van der Waals surface area contributed by atoms with Crippen LogP contribution in [0.4, 0.5) is 5.69 Å². The number of amides is 1. The molecule has 0 spiro atoms. The van der Waals surface area contributed by atoms with Gasteiger partial charge in [0.1, 0.15) is 5.75 Å². The number of methoxy groups -OCH3 is 1. The fourth-order valence-corrected chi connectivity index (χ4v) is 4.09. The molecule has 0 bridgehead atoms. The Hall–Kier alpha value is -2.77. The second kappa shape index (κ2) is 8.31. The molecule has 0 radical (unpaired) electrons. The number of hydrogen-bond acceptors (Lipinski definition) is 4. The Morgan fingerprint density at radius 2 is 1.79 bits per heavy atom. The van der Waals surface area contributed by atoms with E-state index in [0.717, 1.165) is 33.0 Å². The van der Waals surface area contributed by atoms with Gasteiger partial charge in [0.15, 0.2) is 5.17 Å². The molecule has 1 aliphatic heterocycles. The molecule has 1 N–H and O–H groups in total. The number of nitrogens with zero attached hydrogens (tertiary/aromatic N) is 2. The van der Waals surface area contributed by atoms with Gasteiger partial charge < -0.3 is 14.6 Å². The van der Waals surface area contributed by atoms with E-state index in [2.05, 4.69) is 30.8 Å². The molecule has 0 aliphatic carbocycles. The highest BCUT2D eigenvalue weighted by Crippen LogP contribution is 2.30. The Balaban J connectivity index is 1.63. The van der Waals surface area contributed by atoms with Crippen LogP contribution in [0.5, 0.6) is 5.75 Å². The Morgan fingerprint density at radius 1 is 1.07 bits per heavy atom. The van der Waals surface area contributed by atoms with Crippen LogP contribution in [0.25, 0.3) is 11.8 Å². The number of benzene rings is 2. The van der Waals surface area contributed by atoms with Crippen molar-refractivity contribution in [3.05, 3.63) is 81.4 Å². The number of thioether (sulfide) groups is 1. The fraction of sp³-hybridized carbons (Fsp3) is 0.0909. The van der Waals surface area contributed by atoms with Crippen molar-refractivity contribution >= 4 is 50.5 Å². The number of aromatic nitrogens is 1. The highest BCUT2D eigenvalue weighted by Gasteiger charge is 2.24. The van der Waals surface area contributed by atoms with Crippen LogP contribution in [-0.4, -0.2) is 22.8 Å². The molecule has 1 aromatic heterocycles. The highest BCUT2D eigenvalue weighted by atomic mass is 79.9. The number of halogens is 1. The molecule has 1 amide bonds. The van der Waals surface area contributed by atoms with Crippen molar-refractivity contribution in [3.8, 4) is 11.4 Å². The first-order valence-corrected chi connectivity index (χ1v) is 10.5. The van der Waals surface area contributed by atoms with Gasteiger partial charge in [0.05, 0.1) is 17.7 Å².